The molecule has 0 spiro atoms. The van der Waals surface area contributed by atoms with E-state index in [1.165, 1.54) is 24.3 Å². The summed E-state index contributed by atoms with van der Waals surface area (Å²) in [5.74, 6) is 0.0774. The number of hydrogen-bond acceptors (Lipinski definition) is 5. The summed E-state index contributed by atoms with van der Waals surface area (Å²) in [6.07, 6.45) is 1.31. The Bertz CT molecular complexity index is 634. The second-order valence-electron chi connectivity index (χ2n) is 4.14. The number of nitrogens with one attached hydrogen (secondary N) is 1. The highest BCUT2D eigenvalue weighted by atomic mass is 35.5. The van der Waals surface area contributed by atoms with E-state index in [-0.39, 0.29) is 17.3 Å². The molecule has 7 nitrogen and oxygen atoms in total. The summed E-state index contributed by atoms with van der Waals surface area (Å²) in [4.78, 5) is 25.0. The van der Waals surface area contributed by atoms with Gasteiger partial charge in [0.2, 0.25) is 11.1 Å². The third-order valence-electron chi connectivity index (χ3n) is 2.47. The van der Waals surface area contributed by atoms with E-state index >= 15 is 0 Å². The molecule has 0 saturated heterocycles. The molecule has 0 saturated carbocycles. The lowest BCUT2D eigenvalue weighted by atomic mass is 10.3. The van der Waals surface area contributed by atoms with Crippen molar-refractivity contribution >= 4 is 29.2 Å². The van der Waals surface area contributed by atoms with Gasteiger partial charge in [-0.05, 0) is 24.6 Å². The van der Waals surface area contributed by atoms with Gasteiger partial charge in [-0.2, -0.15) is 0 Å². The SMILES string of the molecule is Cc1cc(NC(=O)CN(C)C(=O)c2ccoc2Cl)no1. The highest BCUT2D eigenvalue weighted by molar-refractivity contribution is 6.32. The predicted molar refractivity (Wildman–Crippen MR) is 70.5 cm³/mol. The average Bonchev–Trinajstić information content (AvgIpc) is 2.97. The van der Waals surface area contributed by atoms with Crippen LogP contribution in [-0.4, -0.2) is 35.5 Å². The number of aromatic nitrogens is 1. The van der Waals surface area contributed by atoms with Crippen molar-refractivity contribution < 1.29 is 18.5 Å². The molecule has 106 valence electrons. The van der Waals surface area contributed by atoms with Gasteiger partial charge in [0.05, 0.1) is 18.4 Å². The van der Waals surface area contributed by atoms with Crippen molar-refractivity contribution in [2.24, 2.45) is 0 Å². The van der Waals surface area contributed by atoms with Gasteiger partial charge in [0, 0.05) is 13.1 Å². The Hall–Kier alpha value is -2.28. The number of halogens is 1. The zero-order valence-electron chi connectivity index (χ0n) is 10.8. The summed E-state index contributed by atoms with van der Waals surface area (Å²) in [6, 6.07) is 3.02. The molecular weight excluding hydrogens is 286 g/mol. The number of carbonyl (C=O) groups is 2. The van der Waals surface area contributed by atoms with E-state index in [0.29, 0.717) is 11.6 Å². The maximum absolute atomic E-state index is 12.0. The van der Waals surface area contributed by atoms with Gasteiger partial charge in [0.1, 0.15) is 5.76 Å². The Morgan fingerprint density at radius 3 is 2.80 bits per heavy atom. The van der Waals surface area contributed by atoms with Crippen LogP contribution >= 0.6 is 11.6 Å². The first kappa shape index (κ1) is 14.1. The number of likely N-dealkylation sites (N-methyl/N-ethyl adjacent to an activating group) is 1. The van der Waals surface area contributed by atoms with Crippen molar-refractivity contribution in [2.75, 3.05) is 18.9 Å². The van der Waals surface area contributed by atoms with Crippen LogP contribution < -0.4 is 5.32 Å². The second-order valence-corrected chi connectivity index (χ2v) is 4.48. The van der Waals surface area contributed by atoms with Crippen molar-refractivity contribution in [3.05, 3.63) is 34.9 Å². The fourth-order valence-corrected chi connectivity index (χ4v) is 1.74. The summed E-state index contributed by atoms with van der Waals surface area (Å²) in [5, 5.41) is 6.13. The highest BCUT2D eigenvalue weighted by Gasteiger charge is 2.19. The summed E-state index contributed by atoms with van der Waals surface area (Å²) in [5.41, 5.74) is 0.208. The second kappa shape index (κ2) is 5.79. The Balaban J connectivity index is 1.94. The molecule has 0 radical (unpaired) electrons. The lowest BCUT2D eigenvalue weighted by molar-refractivity contribution is -0.116. The molecule has 0 atom stereocenters. The molecule has 2 heterocycles. The summed E-state index contributed by atoms with van der Waals surface area (Å²) >= 11 is 5.71. The van der Waals surface area contributed by atoms with E-state index in [1.54, 1.807) is 13.0 Å². The van der Waals surface area contributed by atoms with E-state index in [4.69, 9.17) is 20.5 Å². The summed E-state index contributed by atoms with van der Waals surface area (Å²) in [6.45, 7) is 1.56. The Morgan fingerprint density at radius 2 is 2.25 bits per heavy atom. The number of furan rings is 1. The van der Waals surface area contributed by atoms with E-state index in [9.17, 15) is 9.59 Å². The van der Waals surface area contributed by atoms with Crippen LogP contribution in [0.2, 0.25) is 5.22 Å². The lowest BCUT2D eigenvalue weighted by Crippen LogP contribution is -2.34. The van der Waals surface area contributed by atoms with E-state index in [2.05, 4.69) is 10.5 Å². The third kappa shape index (κ3) is 3.18. The molecule has 0 aromatic carbocycles. The van der Waals surface area contributed by atoms with Crippen LogP contribution in [0.15, 0.2) is 27.3 Å². The molecule has 0 aliphatic rings. The van der Waals surface area contributed by atoms with Gasteiger partial charge in [-0.1, -0.05) is 5.16 Å². The van der Waals surface area contributed by atoms with Crippen molar-refractivity contribution in [3.8, 4) is 0 Å². The molecular formula is C12H12ClN3O4. The highest BCUT2D eigenvalue weighted by Crippen LogP contribution is 2.18. The molecule has 1 N–H and O–H groups in total. The Labute approximate surface area is 119 Å². The van der Waals surface area contributed by atoms with Crippen LogP contribution in [-0.2, 0) is 4.79 Å². The molecule has 0 fully saturated rings. The van der Waals surface area contributed by atoms with E-state index in [0.717, 1.165) is 0 Å². The molecule has 2 amide bonds. The molecule has 0 aliphatic heterocycles. The first-order valence-corrected chi connectivity index (χ1v) is 6.07. The molecule has 8 heteroatoms. The zero-order chi connectivity index (χ0) is 14.7. The van der Waals surface area contributed by atoms with Crippen LogP contribution in [0.5, 0.6) is 0 Å². The number of carbonyl (C=O) groups excluding carboxylic acids is 2. The fraction of sp³-hybridized carbons (Fsp3) is 0.250. The monoisotopic (exact) mass is 297 g/mol. The minimum atomic E-state index is -0.407. The van der Waals surface area contributed by atoms with Gasteiger partial charge >= 0.3 is 0 Å². The molecule has 2 aromatic heterocycles. The van der Waals surface area contributed by atoms with Crippen LogP contribution in [0.1, 0.15) is 16.1 Å². The fourth-order valence-electron chi connectivity index (χ4n) is 1.55. The number of hydrogen-bond donors (Lipinski definition) is 1. The van der Waals surface area contributed by atoms with Crippen molar-refractivity contribution in [3.63, 3.8) is 0 Å². The lowest BCUT2D eigenvalue weighted by Gasteiger charge is -2.15. The predicted octanol–water partition coefficient (Wildman–Crippen LogP) is 1.94. The molecule has 0 unspecified atom stereocenters. The quantitative estimate of drug-likeness (QED) is 0.931. The van der Waals surface area contributed by atoms with Gasteiger partial charge in [0.15, 0.2) is 5.82 Å². The number of rotatable bonds is 4. The van der Waals surface area contributed by atoms with Gasteiger partial charge in [-0.15, -0.1) is 0 Å². The van der Waals surface area contributed by atoms with E-state index in [1.807, 2.05) is 0 Å². The summed E-state index contributed by atoms with van der Waals surface area (Å²) < 4.78 is 9.65. The molecule has 0 aliphatic carbocycles. The van der Waals surface area contributed by atoms with Gasteiger partial charge in [-0.3, -0.25) is 9.59 Å². The van der Waals surface area contributed by atoms with E-state index < -0.39 is 11.8 Å². The number of anilines is 1. The topological polar surface area (TPSA) is 88.6 Å². The first-order valence-electron chi connectivity index (χ1n) is 5.69. The number of aryl methyl sites for hydroxylation is 1. The van der Waals surface area contributed by atoms with Crippen LogP contribution in [0, 0.1) is 6.92 Å². The van der Waals surface area contributed by atoms with Crippen molar-refractivity contribution in [1.82, 2.24) is 10.1 Å². The van der Waals surface area contributed by atoms with Gasteiger partial charge in [-0.25, -0.2) is 0 Å². The maximum Gasteiger partial charge on any atom is 0.258 e. The Kier molecular flexibility index (Phi) is 4.09. The van der Waals surface area contributed by atoms with Crippen LogP contribution in [0.4, 0.5) is 5.82 Å². The van der Waals surface area contributed by atoms with Crippen LogP contribution in [0.25, 0.3) is 0 Å². The maximum atomic E-state index is 12.0. The normalized spacial score (nSPS) is 10.3. The largest absolute Gasteiger partial charge is 0.452 e. The smallest absolute Gasteiger partial charge is 0.258 e. The standard InChI is InChI=1S/C12H12ClN3O4/c1-7-5-9(15-20-7)14-10(17)6-16(2)12(18)8-3-4-19-11(8)13/h3-5H,6H2,1-2H3,(H,14,15,17). The third-order valence-corrected chi connectivity index (χ3v) is 2.76. The zero-order valence-corrected chi connectivity index (χ0v) is 11.6. The van der Waals surface area contributed by atoms with Gasteiger partial charge < -0.3 is 19.2 Å². The van der Waals surface area contributed by atoms with Crippen LogP contribution in [0.3, 0.4) is 0 Å². The minimum Gasteiger partial charge on any atom is -0.452 e. The molecule has 2 aromatic rings. The molecule has 20 heavy (non-hydrogen) atoms. The van der Waals surface area contributed by atoms with Crippen molar-refractivity contribution in [2.45, 2.75) is 6.92 Å². The van der Waals surface area contributed by atoms with Crippen molar-refractivity contribution in [1.29, 1.82) is 0 Å². The number of amides is 2. The first-order chi connectivity index (χ1) is 9.47. The summed E-state index contributed by atoms with van der Waals surface area (Å²) in [7, 11) is 1.49. The number of nitrogens with zero attached hydrogens (tertiary/aromatic N) is 2. The molecule has 0 bridgehead atoms. The van der Waals surface area contributed by atoms with Gasteiger partial charge in [0.25, 0.3) is 5.91 Å². The Morgan fingerprint density at radius 1 is 1.50 bits per heavy atom. The minimum absolute atomic E-state index is 0.00520. The average molecular weight is 298 g/mol. The molecule has 2 rings (SSSR count).